The maximum Gasteiger partial charge on any atom is 0.292 e. The van der Waals surface area contributed by atoms with E-state index in [9.17, 15) is 0 Å². The first-order chi connectivity index (χ1) is 10.3. The zero-order chi connectivity index (χ0) is 14.8. The number of benzene rings is 1. The highest BCUT2D eigenvalue weighted by molar-refractivity contribution is 5.66. The molecule has 0 bridgehead atoms. The average molecular weight is 285 g/mol. The van der Waals surface area contributed by atoms with E-state index in [0.717, 1.165) is 16.9 Å². The molecular formula is C16H17N2O3+. The number of aromatic amines is 1. The van der Waals surface area contributed by atoms with E-state index in [0.29, 0.717) is 17.2 Å². The van der Waals surface area contributed by atoms with Gasteiger partial charge in [0.05, 0.1) is 33.1 Å². The van der Waals surface area contributed by atoms with Gasteiger partial charge in [-0.3, -0.25) is 0 Å². The summed E-state index contributed by atoms with van der Waals surface area (Å²) in [5.74, 6) is 2.80. The standard InChI is InChI=1S/C16H16N2O3/c1-19-13-8-11(9-14(20-2)15(13)21-3)16-17-10-12-6-4-5-7-18(12)16/h4-10H,1-3H3/p+1. The van der Waals surface area contributed by atoms with Crippen LogP contribution in [0.2, 0.25) is 0 Å². The number of aromatic nitrogens is 2. The second kappa shape index (κ2) is 5.36. The fraction of sp³-hybridized carbons (Fsp3) is 0.188. The minimum absolute atomic E-state index is 0.588. The number of methoxy groups -OCH3 is 3. The number of nitrogens with one attached hydrogen (secondary N) is 1. The molecule has 0 aliphatic heterocycles. The molecule has 3 aromatic rings. The maximum absolute atomic E-state index is 5.40. The van der Waals surface area contributed by atoms with E-state index in [1.807, 2.05) is 42.7 Å². The van der Waals surface area contributed by atoms with Crippen molar-refractivity contribution < 1.29 is 18.6 Å². The lowest BCUT2D eigenvalue weighted by molar-refractivity contribution is -0.498. The molecule has 21 heavy (non-hydrogen) atoms. The lowest BCUT2D eigenvalue weighted by atomic mass is 10.1. The Labute approximate surface area is 122 Å². The molecule has 3 rings (SSSR count). The van der Waals surface area contributed by atoms with E-state index >= 15 is 0 Å². The fourth-order valence-electron chi connectivity index (χ4n) is 2.43. The molecule has 1 N–H and O–H groups in total. The molecule has 0 atom stereocenters. The van der Waals surface area contributed by atoms with Crippen molar-refractivity contribution in [1.82, 2.24) is 4.98 Å². The highest BCUT2D eigenvalue weighted by atomic mass is 16.5. The maximum atomic E-state index is 5.40. The van der Waals surface area contributed by atoms with Crippen LogP contribution in [0.25, 0.3) is 16.9 Å². The third kappa shape index (κ3) is 2.16. The molecule has 0 saturated carbocycles. The number of ether oxygens (including phenoxy) is 3. The van der Waals surface area contributed by atoms with Crippen molar-refractivity contribution in [2.45, 2.75) is 0 Å². The molecule has 0 aliphatic carbocycles. The van der Waals surface area contributed by atoms with E-state index in [2.05, 4.69) is 9.38 Å². The smallest absolute Gasteiger partial charge is 0.292 e. The van der Waals surface area contributed by atoms with E-state index in [4.69, 9.17) is 14.2 Å². The minimum Gasteiger partial charge on any atom is -0.493 e. The number of nitrogens with zero attached hydrogens (tertiary/aromatic N) is 1. The van der Waals surface area contributed by atoms with Crippen molar-refractivity contribution in [2.24, 2.45) is 0 Å². The van der Waals surface area contributed by atoms with Crippen LogP contribution in [0.3, 0.4) is 0 Å². The molecule has 2 aromatic heterocycles. The first kappa shape index (κ1) is 13.3. The summed E-state index contributed by atoms with van der Waals surface area (Å²) >= 11 is 0. The topological polar surface area (TPSA) is 47.6 Å². The third-order valence-corrected chi connectivity index (χ3v) is 3.43. The molecule has 2 heterocycles. The van der Waals surface area contributed by atoms with Crippen molar-refractivity contribution in [1.29, 1.82) is 0 Å². The largest absolute Gasteiger partial charge is 0.493 e. The number of rotatable bonds is 4. The van der Waals surface area contributed by atoms with E-state index < -0.39 is 0 Å². The van der Waals surface area contributed by atoms with E-state index in [1.165, 1.54) is 0 Å². The number of fused-ring (bicyclic) bond motifs is 1. The van der Waals surface area contributed by atoms with Gasteiger partial charge in [-0.05, 0) is 24.3 Å². The van der Waals surface area contributed by atoms with Crippen LogP contribution in [0.5, 0.6) is 17.2 Å². The summed E-state index contributed by atoms with van der Waals surface area (Å²) < 4.78 is 18.2. The van der Waals surface area contributed by atoms with Crippen LogP contribution in [-0.2, 0) is 0 Å². The van der Waals surface area contributed by atoms with Crippen LogP contribution < -0.4 is 18.6 Å². The first-order valence-electron chi connectivity index (χ1n) is 6.56. The molecule has 5 heteroatoms. The SMILES string of the molecule is COc1cc(-c2[nH]cc3cccc[n+]23)cc(OC)c1OC. The van der Waals surface area contributed by atoms with Gasteiger partial charge in [0.15, 0.2) is 17.0 Å². The Morgan fingerprint density at radius 1 is 0.952 bits per heavy atom. The Balaban J connectivity index is 2.23. The fourth-order valence-corrected chi connectivity index (χ4v) is 2.43. The number of hydrogen-bond donors (Lipinski definition) is 1. The van der Waals surface area contributed by atoms with Gasteiger partial charge in [-0.25, -0.2) is 4.98 Å². The van der Waals surface area contributed by atoms with Crippen LogP contribution >= 0.6 is 0 Å². The van der Waals surface area contributed by atoms with Gasteiger partial charge in [0.25, 0.3) is 5.82 Å². The van der Waals surface area contributed by atoms with Gasteiger partial charge < -0.3 is 14.2 Å². The third-order valence-electron chi connectivity index (χ3n) is 3.43. The molecule has 5 nitrogen and oxygen atoms in total. The quantitative estimate of drug-likeness (QED) is 0.749. The van der Waals surface area contributed by atoms with Crippen LogP contribution in [0.15, 0.2) is 42.7 Å². The monoisotopic (exact) mass is 285 g/mol. The van der Waals surface area contributed by atoms with Crippen LogP contribution in [0, 0.1) is 0 Å². The first-order valence-corrected chi connectivity index (χ1v) is 6.56. The molecule has 0 aliphatic rings. The zero-order valence-corrected chi connectivity index (χ0v) is 12.2. The molecule has 0 unspecified atom stereocenters. The number of H-pyrrole nitrogens is 1. The van der Waals surface area contributed by atoms with Crippen molar-refractivity contribution in [3.8, 4) is 28.6 Å². The Bertz CT molecular complexity index is 755. The van der Waals surface area contributed by atoms with Crippen molar-refractivity contribution in [3.05, 3.63) is 42.7 Å². The Morgan fingerprint density at radius 2 is 1.67 bits per heavy atom. The normalized spacial score (nSPS) is 10.6. The minimum atomic E-state index is 0.588. The molecule has 0 amide bonds. The summed E-state index contributed by atoms with van der Waals surface area (Å²) in [5.41, 5.74) is 2.04. The Morgan fingerprint density at radius 3 is 2.29 bits per heavy atom. The lowest BCUT2D eigenvalue weighted by Crippen LogP contribution is -2.20. The predicted octanol–water partition coefficient (Wildman–Crippen LogP) is 2.45. The highest BCUT2D eigenvalue weighted by Gasteiger charge is 2.19. The molecule has 0 saturated heterocycles. The van der Waals surface area contributed by atoms with Gasteiger partial charge in [-0.15, -0.1) is 0 Å². The summed E-state index contributed by atoms with van der Waals surface area (Å²) in [6.07, 6.45) is 3.96. The second-order valence-corrected chi connectivity index (χ2v) is 4.55. The van der Waals surface area contributed by atoms with Crippen LogP contribution in [-0.4, -0.2) is 26.3 Å². The summed E-state index contributed by atoms with van der Waals surface area (Å²) in [4.78, 5) is 3.28. The molecule has 0 spiro atoms. The summed E-state index contributed by atoms with van der Waals surface area (Å²) in [5, 5.41) is 0. The summed E-state index contributed by atoms with van der Waals surface area (Å²) in [6.45, 7) is 0. The van der Waals surface area contributed by atoms with Crippen molar-refractivity contribution in [3.63, 3.8) is 0 Å². The number of imidazole rings is 1. The molecule has 0 fully saturated rings. The van der Waals surface area contributed by atoms with Gasteiger partial charge in [-0.2, -0.15) is 4.40 Å². The highest BCUT2D eigenvalue weighted by Crippen LogP contribution is 2.40. The lowest BCUT2D eigenvalue weighted by Gasteiger charge is -2.12. The Hall–Kier alpha value is -2.69. The van der Waals surface area contributed by atoms with Crippen molar-refractivity contribution >= 4 is 5.52 Å². The number of hydrogen-bond acceptors (Lipinski definition) is 3. The molecule has 1 aromatic carbocycles. The van der Waals surface area contributed by atoms with Gasteiger partial charge in [0, 0.05) is 0 Å². The average Bonchev–Trinajstić information content (AvgIpc) is 2.97. The van der Waals surface area contributed by atoms with Gasteiger partial charge in [-0.1, -0.05) is 6.07 Å². The number of pyridine rings is 1. The van der Waals surface area contributed by atoms with Gasteiger partial charge in [0.1, 0.15) is 6.20 Å². The second-order valence-electron chi connectivity index (χ2n) is 4.55. The molecular weight excluding hydrogens is 268 g/mol. The molecule has 0 radical (unpaired) electrons. The predicted molar refractivity (Wildman–Crippen MR) is 79.0 cm³/mol. The van der Waals surface area contributed by atoms with E-state index in [1.54, 1.807) is 21.3 Å². The molecule has 108 valence electrons. The van der Waals surface area contributed by atoms with E-state index in [-0.39, 0.29) is 0 Å². The van der Waals surface area contributed by atoms with Gasteiger partial charge >= 0.3 is 0 Å². The summed E-state index contributed by atoms with van der Waals surface area (Å²) in [6, 6.07) is 9.88. The van der Waals surface area contributed by atoms with Gasteiger partial charge in [0.2, 0.25) is 5.75 Å². The van der Waals surface area contributed by atoms with Crippen LogP contribution in [0.4, 0.5) is 0 Å². The zero-order valence-electron chi connectivity index (χ0n) is 12.2. The van der Waals surface area contributed by atoms with Crippen LogP contribution in [0.1, 0.15) is 0 Å². The van der Waals surface area contributed by atoms with Crippen molar-refractivity contribution in [2.75, 3.05) is 21.3 Å². The summed E-state index contributed by atoms with van der Waals surface area (Å²) in [7, 11) is 4.82. The Kier molecular flexibility index (Phi) is 3.39.